The van der Waals surface area contributed by atoms with Crippen molar-refractivity contribution in [3.8, 4) is 0 Å². The highest BCUT2D eigenvalue weighted by atomic mass is 35.5. The van der Waals surface area contributed by atoms with Crippen LogP contribution in [0.15, 0.2) is 30.3 Å². The molecular formula is C18H20ClNO2S. The zero-order valence-electron chi connectivity index (χ0n) is 13.2. The molecule has 1 aliphatic rings. The lowest BCUT2D eigenvalue weighted by atomic mass is 10.1. The van der Waals surface area contributed by atoms with Crippen LogP contribution in [0.2, 0.25) is 5.02 Å². The summed E-state index contributed by atoms with van der Waals surface area (Å²) in [6.07, 6.45) is 1.94. The molecular weight excluding hydrogens is 330 g/mol. The van der Waals surface area contributed by atoms with E-state index in [2.05, 4.69) is 11.0 Å². The summed E-state index contributed by atoms with van der Waals surface area (Å²) >= 11 is 7.84. The van der Waals surface area contributed by atoms with Crippen molar-refractivity contribution in [1.29, 1.82) is 0 Å². The number of carbonyl (C=O) groups is 1. The Morgan fingerprint density at radius 3 is 2.87 bits per heavy atom. The maximum Gasteiger partial charge on any atom is 0.348 e. The Bertz CT molecular complexity index is 673. The molecule has 0 saturated heterocycles. The van der Waals surface area contributed by atoms with Gasteiger partial charge in [0.05, 0.1) is 6.61 Å². The van der Waals surface area contributed by atoms with Crippen LogP contribution in [0.3, 0.4) is 0 Å². The molecule has 0 fully saturated rings. The van der Waals surface area contributed by atoms with Crippen LogP contribution in [0.25, 0.3) is 0 Å². The van der Waals surface area contributed by atoms with E-state index in [1.165, 1.54) is 16.0 Å². The molecule has 0 unspecified atom stereocenters. The first kappa shape index (κ1) is 16.5. The molecule has 0 bridgehead atoms. The molecule has 0 aliphatic carbocycles. The van der Waals surface area contributed by atoms with E-state index in [1.807, 2.05) is 31.2 Å². The summed E-state index contributed by atoms with van der Waals surface area (Å²) in [5.74, 6) is -0.196. The van der Waals surface area contributed by atoms with Gasteiger partial charge in [0.1, 0.15) is 4.88 Å². The first-order valence-electron chi connectivity index (χ1n) is 7.92. The van der Waals surface area contributed by atoms with Crippen molar-refractivity contribution in [2.45, 2.75) is 26.3 Å². The van der Waals surface area contributed by atoms with Crippen LogP contribution in [0.1, 0.15) is 32.6 Å². The number of rotatable bonds is 4. The van der Waals surface area contributed by atoms with E-state index < -0.39 is 0 Å². The normalized spacial score (nSPS) is 15.0. The van der Waals surface area contributed by atoms with Crippen molar-refractivity contribution in [2.24, 2.45) is 0 Å². The molecule has 5 heteroatoms. The van der Waals surface area contributed by atoms with Crippen molar-refractivity contribution < 1.29 is 9.53 Å². The van der Waals surface area contributed by atoms with Crippen LogP contribution in [0.5, 0.6) is 0 Å². The van der Waals surface area contributed by atoms with Crippen molar-refractivity contribution in [3.63, 3.8) is 0 Å². The number of benzene rings is 1. The van der Waals surface area contributed by atoms with Crippen molar-refractivity contribution in [1.82, 2.24) is 4.90 Å². The molecule has 1 aliphatic heterocycles. The number of nitrogens with zero attached hydrogens (tertiary/aromatic N) is 1. The van der Waals surface area contributed by atoms with Crippen LogP contribution in [0, 0.1) is 0 Å². The largest absolute Gasteiger partial charge is 0.462 e. The average Bonchev–Trinajstić information content (AvgIpc) is 2.87. The van der Waals surface area contributed by atoms with Gasteiger partial charge in [0, 0.05) is 29.5 Å². The van der Waals surface area contributed by atoms with Crippen LogP contribution >= 0.6 is 22.9 Å². The maximum absolute atomic E-state index is 11.9. The van der Waals surface area contributed by atoms with Gasteiger partial charge in [-0.15, -0.1) is 11.3 Å². The number of ether oxygens (including phenoxy) is 1. The molecule has 122 valence electrons. The molecule has 1 aromatic heterocycles. The molecule has 23 heavy (non-hydrogen) atoms. The fraction of sp³-hybridized carbons (Fsp3) is 0.389. The molecule has 0 saturated carbocycles. The summed E-state index contributed by atoms with van der Waals surface area (Å²) in [4.78, 5) is 16.3. The molecule has 0 radical (unpaired) electrons. The van der Waals surface area contributed by atoms with Gasteiger partial charge in [-0.1, -0.05) is 29.8 Å². The lowest BCUT2D eigenvalue weighted by Gasteiger charge is -2.20. The summed E-state index contributed by atoms with van der Waals surface area (Å²) in [5.41, 5.74) is 2.46. The summed E-state index contributed by atoms with van der Waals surface area (Å²) in [6.45, 7) is 5.10. The fourth-order valence-electron chi connectivity index (χ4n) is 2.87. The van der Waals surface area contributed by atoms with Crippen LogP contribution in [0.4, 0.5) is 0 Å². The number of esters is 1. The molecule has 0 atom stereocenters. The topological polar surface area (TPSA) is 29.5 Å². The second-order valence-corrected chi connectivity index (χ2v) is 7.19. The molecule has 0 N–H and O–H groups in total. The lowest BCUT2D eigenvalue weighted by Crippen LogP contribution is -2.26. The Kier molecular flexibility index (Phi) is 5.36. The third kappa shape index (κ3) is 3.94. The first-order chi connectivity index (χ1) is 11.2. The summed E-state index contributed by atoms with van der Waals surface area (Å²) < 4.78 is 5.10. The molecule has 1 aromatic carbocycles. The predicted octanol–water partition coefficient (Wildman–Crippen LogP) is 4.18. The van der Waals surface area contributed by atoms with E-state index in [1.54, 1.807) is 11.3 Å². The van der Waals surface area contributed by atoms with Crippen LogP contribution in [-0.2, 0) is 24.1 Å². The zero-order chi connectivity index (χ0) is 16.2. The van der Waals surface area contributed by atoms with Crippen LogP contribution < -0.4 is 0 Å². The number of hydrogen-bond acceptors (Lipinski definition) is 4. The predicted molar refractivity (Wildman–Crippen MR) is 94.4 cm³/mol. The SMILES string of the molecule is CCOC(=O)c1cc2c(s1)CCN(Cc1ccccc1Cl)CC2. The number of thiophene rings is 1. The molecule has 0 spiro atoms. The summed E-state index contributed by atoms with van der Waals surface area (Å²) in [5, 5.41) is 0.830. The van der Waals surface area contributed by atoms with E-state index >= 15 is 0 Å². The third-order valence-corrected chi connectivity index (χ3v) is 5.66. The second-order valence-electron chi connectivity index (χ2n) is 5.65. The standard InChI is InChI=1S/C18H20ClNO2S/c1-2-22-18(21)17-11-13-7-9-20(10-8-16(13)23-17)12-14-5-3-4-6-15(14)19/h3-6,11H,2,7-10,12H2,1H3. The maximum atomic E-state index is 11.9. The van der Waals surface area contributed by atoms with Gasteiger partial charge in [0.2, 0.25) is 0 Å². The van der Waals surface area contributed by atoms with Crippen LogP contribution in [-0.4, -0.2) is 30.6 Å². The molecule has 3 nitrogen and oxygen atoms in total. The minimum Gasteiger partial charge on any atom is -0.462 e. The minimum absolute atomic E-state index is 0.196. The molecule has 2 aromatic rings. The van der Waals surface area contributed by atoms with Gasteiger partial charge < -0.3 is 4.74 Å². The van der Waals surface area contributed by atoms with Crippen molar-refractivity contribution in [2.75, 3.05) is 19.7 Å². The van der Waals surface area contributed by atoms with E-state index in [0.29, 0.717) is 6.61 Å². The molecule has 0 amide bonds. The average molecular weight is 350 g/mol. The summed E-state index contributed by atoms with van der Waals surface area (Å²) in [7, 11) is 0. The van der Waals surface area contributed by atoms with Crippen molar-refractivity contribution >= 4 is 28.9 Å². The molecule has 2 heterocycles. The monoisotopic (exact) mass is 349 g/mol. The Balaban J connectivity index is 1.66. The second kappa shape index (κ2) is 7.47. The fourth-order valence-corrected chi connectivity index (χ4v) is 4.16. The lowest BCUT2D eigenvalue weighted by molar-refractivity contribution is 0.0532. The van der Waals surface area contributed by atoms with Gasteiger partial charge in [-0.05, 0) is 43.0 Å². The third-order valence-electron chi connectivity index (χ3n) is 4.08. The Labute approximate surface area is 145 Å². The highest BCUT2D eigenvalue weighted by molar-refractivity contribution is 7.14. The Morgan fingerprint density at radius 2 is 2.09 bits per heavy atom. The number of halogens is 1. The van der Waals surface area contributed by atoms with E-state index in [4.69, 9.17) is 16.3 Å². The van der Waals surface area contributed by atoms with Crippen molar-refractivity contribution in [3.05, 3.63) is 56.2 Å². The van der Waals surface area contributed by atoms with E-state index in [-0.39, 0.29) is 5.97 Å². The van der Waals surface area contributed by atoms with Gasteiger partial charge >= 0.3 is 5.97 Å². The number of hydrogen-bond donors (Lipinski definition) is 0. The quantitative estimate of drug-likeness (QED) is 0.775. The Morgan fingerprint density at radius 1 is 1.30 bits per heavy atom. The van der Waals surface area contributed by atoms with Gasteiger partial charge in [-0.3, -0.25) is 4.90 Å². The van der Waals surface area contributed by atoms with E-state index in [0.717, 1.165) is 42.4 Å². The minimum atomic E-state index is -0.196. The first-order valence-corrected chi connectivity index (χ1v) is 9.11. The molecule has 3 rings (SSSR count). The highest BCUT2D eigenvalue weighted by Gasteiger charge is 2.20. The van der Waals surface area contributed by atoms with E-state index in [9.17, 15) is 4.79 Å². The summed E-state index contributed by atoms with van der Waals surface area (Å²) in [6, 6.07) is 10.0. The van der Waals surface area contributed by atoms with Gasteiger partial charge in [0.25, 0.3) is 0 Å². The van der Waals surface area contributed by atoms with Gasteiger partial charge in [0.15, 0.2) is 0 Å². The Hall–Kier alpha value is -1.36. The number of fused-ring (bicyclic) bond motifs is 1. The smallest absolute Gasteiger partial charge is 0.348 e. The highest BCUT2D eigenvalue weighted by Crippen LogP contribution is 2.28. The zero-order valence-corrected chi connectivity index (χ0v) is 14.8. The van der Waals surface area contributed by atoms with Gasteiger partial charge in [-0.2, -0.15) is 0 Å². The number of carbonyl (C=O) groups excluding carboxylic acids is 1. The van der Waals surface area contributed by atoms with Gasteiger partial charge in [-0.25, -0.2) is 4.79 Å².